The monoisotopic (exact) mass is 281 g/mol. The van der Waals surface area contributed by atoms with Crippen molar-refractivity contribution in [3.05, 3.63) is 35.2 Å². The topological polar surface area (TPSA) is 57.1 Å². The van der Waals surface area contributed by atoms with E-state index >= 15 is 0 Å². The van der Waals surface area contributed by atoms with E-state index in [2.05, 4.69) is 30.9 Å². The van der Waals surface area contributed by atoms with Crippen LogP contribution in [0.5, 0.6) is 17.6 Å². The maximum atomic E-state index is 5.41. The van der Waals surface area contributed by atoms with E-state index < -0.39 is 0 Å². The SMILES string of the molecule is COc1ccnc(Oc2cncc(Br)c2)n1. The van der Waals surface area contributed by atoms with Gasteiger partial charge in [-0.05, 0) is 22.0 Å². The highest BCUT2D eigenvalue weighted by atomic mass is 79.9. The van der Waals surface area contributed by atoms with Gasteiger partial charge in [-0.3, -0.25) is 4.98 Å². The molecule has 2 aromatic heterocycles. The van der Waals surface area contributed by atoms with Crippen LogP contribution < -0.4 is 9.47 Å². The summed E-state index contributed by atoms with van der Waals surface area (Å²) in [5, 5.41) is 0. The van der Waals surface area contributed by atoms with Gasteiger partial charge in [0.15, 0.2) is 5.75 Å². The molecule has 2 rings (SSSR count). The van der Waals surface area contributed by atoms with Gasteiger partial charge in [0, 0.05) is 22.9 Å². The number of hydrogen-bond acceptors (Lipinski definition) is 5. The van der Waals surface area contributed by atoms with Crippen LogP contribution in [0.4, 0.5) is 0 Å². The smallest absolute Gasteiger partial charge is 0.325 e. The highest BCUT2D eigenvalue weighted by Gasteiger charge is 2.02. The van der Waals surface area contributed by atoms with Crippen molar-refractivity contribution in [1.29, 1.82) is 0 Å². The summed E-state index contributed by atoms with van der Waals surface area (Å²) in [5.41, 5.74) is 0. The Morgan fingerprint density at radius 3 is 2.94 bits per heavy atom. The van der Waals surface area contributed by atoms with Gasteiger partial charge >= 0.3 is 6.01 Å². The molecule has 0 aliphatic carbocycles. The van der Waals surface area contributed by atoms with Crippen molar-refractivity contribution in [2.75, 3.05) is 7.11 Å². The van der Waals surface area contributed by atoms with Crippen LogP contribution in [0.15, 0.2) is 35.2 Å². The number of hydrogen-bond donors (Lipinski definition) is 0. The number of pyridine rings is 1. The average molecular weight is 282 g/mol. The van der Waals surface area contributed by atoms with Crippen molar-refractivity contribution < 1.29 is 9.47 Å². The molecule has 0 aliphatic rings. The van der Waals surface area contributed by atoms with Crippen LogP contribution in [-0.2, 0) is 0 Å². The summed E-state index contributed by atoms with van der Waals surface area (Å²) in [6, 6.07) is 3.64. The minimum atomic E-state index is 0.222. The van der Waals surface area contributed by atoms with Gasteiger partial charge in [0.1, 0.15) is 0 Å². The van der Waals surface area contributed by atoms with Crippen molar-refractivity contribution >= 4 is 15.9 Å². The zero-order chi connectivity index (χ0) is 11.4. The molecule has 0 N–H and O–H groups in total. The molecular weight excluding hydrogens is 274 g/mol. The summed E-state index contributed by atoms with van der Waals surface area (Å²) >= 11 is 3.30. The molecule has 0 atom stereocenters. The Kier molecular flexibility index (Phi) is 3.31. The number of methoxy groups -OCH3 is 1. The number of rotatable bonds is 3. The van der Waals surface area contributed by atoms with Crippen LogP contribution in [0, 0.1) is 0 Å². The molecule has 0 saturated carbocycles. The lowest BCUT2D eigenvalue weighted by Gasteiger charge is -2.04. The fraction of sp³-hybridized carbons (Fsp3) is 0.100. The lowest BCUT2D eigenvalue weighted by Crippen LogP contribution is -1.94. The van der Waals surface area contributed by atoms with Gasteiger partial charge in [0.2, 0.25) is 5.88 Å². The summed E-state index contributed by atoms with van der Waals surface area (Å²) < 4.78 is 11.2. The van der Waals surface area contributed by atoms with Gasteiger partial charge in [-0.2, -0.15) is 4.98 Å². The van der Waals surface area contributed by atoms with Gasteiger partial charge in [-0.1, -0.05) is 0 Å². The molecule has 0 unspecified atom stereocenters. The first-order valence-electron chi connectivity index (χ1n) is 4.43. The first-order chi connectivity index (χ1) is 7.78. The van der Waals surface area contributed by atoms with E-state index in [4.69, 9.17) is 9.47 Å². The molecule has 0 fully saturated rings. The third kappa shape index (κ3) is 2.66. The molecular formula is C10H8BrN3O2. The van der Waals surface area contributed by atoms with Crippen molar-refractivity contribution in [3.63, 3.8) is 0 Å². The predicted octanol–water partition coefficient (Wildman–Crippen LogP) is 2.44. The second-order valence-corrected chi connectivity index (χ2v) is 3.74. The van der Waals surface area contributed by atoms with Crippen LogP contribution in [-0.4, -0.2) is 22.1 Å². The van der Waals surface area contributed by atoms with E-state index in [9.17, 15) is 0 Å². The van der Waals surface area contributed by atoms with Crippen LogP contribution in [0.25, 0.3) is 0 Å². The molecule has 0 bridgehead atoms. The summed E-state index contributed by atoms with van der Waals surface area (Å²) in [6.45, 7) is 0. The molecule has 5 nitrogen and oxygen atoms in total. The minimum Gasteiger partial charge on any atom is -0.481 e. The van der Waals surface area contributed by atoms with E-state index in [-0.39, 0.29) is 6.01 Å². The van der Waals surface area contributed by atoms with Crippen molar-refractivity contribution in [2.45, 2.75) is 0 Å². The van der Waals surface area contributed by atoms with E-state index in [1.54, 1.807) is 30.7 Å². The van der Waals surface area contributed by atoms with Crippen LogP contribution in [0.1, 0.15) is 0 Å². The fourth-order valence-electron chi connectivity index (χ4n) is 1.04. The third-order valence-corrected chi connectivity index (χ3v) is 2.14. The van der Waals surface area contributed by atoms with E-state index in [0.717, 1.165) is 4.47 Å². The molecule has 0 radical (unpaired) electrons. The summed E-state index contributed by atoms with van der Waals surface area (Å²) in [6.07, 6.45) is 4.81. The summed E-state index contributed by atoms with van der Waals surface area (Å²) in [4.78, 5) is 11.9. The fourth-order valence-corrected chi connectivity index (χ4v) is 1.39. The lowest BCUT2D eigenvalue weighted by atomic mass is 10.5. The molecule has 82 valence electrons. The van der Waals surface area contributed by atoms with Gasteiger partial charge in [-0.15, -0.1) is 0 Å². The van der Waals surface area contributed by atoms with Gasteiger partial charge in [0.05, 0.1) is 13.3 Å². The van der Waals surface area contributed by atoms with Crippen LogP contribution >= 0.6 is 15.9 Å². The Labute approximate surface area is 101 Å². The van der Waals surface area contributed by atoms with Crippen LogP contribution in [0.3, 0.4) is 0 Å². The highest BCUT2D eigenvalue weighted by molar-refractivity contribution is 9.10. The van der Waals surface area contributed by atoms with Crippen LogP contribution in [0.2, 0.25) is 0 Å². The second kappa shape index (κ2) is 4.89. The van der Waals surface area contributed by atoms with Gasteiger partial charge < -0.3 is 9.47 Å². The number of halogens is 1. The second-order valence-electron chi connectivity index (χ2n) is 2.82. The molecule has 0 spiro atoms. The van der Waals surface area contributed by atoms with E-state index in [0.29, 0.717) is 11.6 Å². The summed E-state index contributed by atoms with van der Waals surface area (Å²) in [5.74, 6) is 1.01. The maximum absolute atomic E-state index is 5.41. The van der Waals surface area contributed by atoms with Crippen molar-refractivity contribution in [1.82, 2.24) is 15.0 Å². The lowest BCUT2D eigenvalue weighted by molar-refractivity contribution is 0.376. The predicted molar refractivity (Wildman–Crippen MR) is 60.6 cm³/mol. The molecule has 0 aromatic carbocycles. The van der Waals surface area contributed by atoms with E-state index in [1.807, 2.05) is 0 Å². The normalized spacial score (nSPS) is 9.88. The maximum Gasteiger partial charge on any atom is 0.325 e. The molecule has 0 amide bonds. The minimum absolute atomic E-state index is 0.222. The Balaban J connectivity index is 2.20. The number of nitrogens with zero attached hydrogens (tertiary/aromatic N) is 3. The van der Waals surface area contributed by atoms with E-state index in [1.165, 1.54) is 7.11 Å². The first kappa shape index (κ1) is 10.8. The molecule has 0 aliphatic heterocycles. The Bertz CT molecular complexity index is 493. The largest absolute Gasteiger partial charge is 0.481 e. The Morgan fingerprint density at radius 2 is 2.19 bits per heavy atom. The quantitative estimate of drug-likeness (QED) is 0.865. The van der Waals surface area contributed by atoms with Gasteiger partial charge in [0.25, 0.3) is 0 Å². The average Bonchev–Trinajstić information content (AvgIpc) is 2.29. The molecule has 2 heterocycles. The standard InChI is InChI=1S/C10H8BrN3O2/c1-15-9-2-3-13-10(14-9)16-8-4-7(11)5-12-6-8/h2-6H,1H3. The van der Waals surface area contributed by atoms with Crippen molar-refractivity contribution in [2.24, 2.45) is 0 Å². The zero-order valence-corrected chi connectivity index (χ0v) is 10.0. The van der Waals surface area contributed by atoms with Crippen molar-refractivity contribution in [3.8, 4) is 17.6 Å². The molecule has 2 aromatic rings. The molecule has 16 heavy (non-hydrogen) atoms. The number of ether oxygens (including phenoxy) is 2. The first-order valence-corrected chi connectivity index (χ1v) is 5.22. The summed E-state index contributed by atoms with van der Waals surface area (Å²) in [7, 11) is 1.53. The number of aromatic nitrogens is 3. The Morgan fingerprint density at radius 1 is 1.31 bits per heavy atom. The van der Waals surface area contributed by atoms with Gasteiger partial charge in [-0.25, -0.2) is 4.98 Å². The highest BCUT2D eigenvalue weighted by Crippen LogP contribution is 2.21. The third-order valence-electron chi connectivity index (χ3n) is 1.71. The molecule has 0 saturated heterocycles. The zero-order valence-electron chi connectivity index (χ0n) is 8.42. The molecule has 6 heteroatoms. The Hall–Kier alpha value is -1.69.